The van der Waals surface area contributed by atoms with Crippen LogP contribution in [-0.4, -0.2) is 66.9 Å². The average molecular weight is 467 g/mol. The summed E-state index contributed by atoms with van der Waals surface area (Å²) < 4.78 is 10.8. The molecule has 0 aromatic heterocycles. The number of likely N-dealkylation sites (N-methyl/N-ethyl adjacent to an activating group) is 1. The summed E-state index contributed by atoms with van der Waals surface area (Å²) in [5.74, 6) is -2.04. The molecule has 1 aliphatic heterocycles. The quantitative estimate of drug-likeness (QED) is 0.619. The van der Waals surface area contributed by atoms with Crippen molar-refractivity contribution in [3.63, 3.8) is 0 Å². The largest absolute Gasteiger partial charge is 0.479 e. The minimum absolute atomic E-state index is 0.0409. The summed E-state index contributed by atoms with van der Waals surface area (Å²) >= 11 is 0. The molecule has 1 saturated heterocycles. The van der Waals surface area contributed by atoms with Gasteiger partial charge in [0.25, 0.3) is 0 Å². The zero-order valence-corrected chi connectivity index (χ0v) is 19.5. The SMILES string of the molecule is CCC(CNC(=O)OCC1c2ccccc2-c2ccccc21)C(=O)N(C)C1(C(=O)O)CCOC1. The Kier molecular flexibility index (Phi) is 6.88. The summed E-state index contributed by atoms with van der Waals surface area (Å²) in [6.07, 6.45) is 0.0809. The number of carbonyl (C=O) groups is 3. The molecule has 0 saturated carbocycles. The van der Waals surface area contributed by atoms with Gasteiger partial charge in [0.15, 0.2) is 5.54 Å². The number of hydrogen-bond donors (Lipinski definition) is 2. The molecule has 0 spiro atoms. The number of hydrogen-bond acceptors (Lipinski definition) is 5. The number of nitrogens with zero attached hydrogens (tertiary/aromatic N) is 1. The second kappa shape index (κ2) is 9.85. The van der Waals surface area contributed by atoms with Gasteiger partial charge in [-0.2, -0.15) is 0 Å². The maximum absolute atomic E-state index is 13.0. The molecule has 1 fully saturated rings. The first kappa shape index (κ1) is 23.8. The molecule has 2 atom stereocenters. The number of benzene rings is 2. The lowest BCUT2D eigenvalue weighted by molar-refractivity contribution is -0.159. The van der Waals surface area contributed by atoms with Gasteiger partial charge in [0.2, 0.25) is 5.91 Å². The fourth-order valence-electron chi connectivity index (χ4n) is 4.88. The molecular formula is C26H30N2O6. The number of carboxylic acid groups (broad SMARTS) is 1. The number of carboxylic acids is 1. The second-order valence-corrected chi connectivity index (χ2v) is 8.85. The topological polar surface area (TPSA) is 105 Å². The van der Waals surface area contributed by atoms with Crippen molar-refractivity contribution in [2.75, 3.05) is 33.4 Å². The van der Waals surface area contributed by atoms with E-state index in [1.165, 1.54) is 11.9 Å². The molecule has 2 aliphatic rings. The summed E-state index contributed by atoms with van der Waals surface area (Å²) in [5.41, 5.74) is 3.17. The minimum atomic E-state index is -1.37. The number of rotatable bonds is 8. The van der Waals surface area contributed by atoms with E-state index in [1.807, 2.05) is 43.3 Å². The summed E-state index contributed by atoms with van der Waals surface area (Å²) in [6, 6.07) is 16.2. The Balaban J connectivity index is 1.35. The zero-order valence-electron chi connectivity index (χ0n) is 19.5. The third kappa shape index (κ3) is 4.25. The molecule has 180 valence electrons. The van der Waals surface area contributed by atoms with Crippen molar-refractivity contribution < 1.29 is 29.0 Å². The highest BCUT2D eigenvalue weighted by atomic mass is 16.5. The first-order valence-corrected chi connectivity index (χ1v) is 11.6. The van der Waals surface area contributed by atoms with Crippen molar-refractivity contribution in [3.8, 4) is 11.1 Å². The molecule has 1 heterocycles. The van der Waals surface area contributed by atoms with Crippen LogP contribution in [0.15, 0.2) is 48.5 Å². The van der Waals surface area contributed by atoms with Crippen molar-refractivity contribution in [2.45, 2.75) is 31.2 Å². The molecule has 4 rings (SSSR count). The van der Waals surface area contributed by atoms with Crippen LogP contribution in [0.25, 0.3) is 11.1 Å². The van der Waals surface area contributed by atoms with Crippen LogP contribution >= 0.6 is 0 Å². The standard InChI is InChI=1S/C26H30N2O6/c1-3-17(23(29)28(2)26(24(30)31)12-13-33-16-26)14-27-25(32)34-15-22-20-10-6-4-8-18(20)19-9-5-7-11-21(19)22/h4-11,17,22H,3,12-16H2,1-2H3,(H,27,32)(H,30,31). The fourth-order valence-corrected chi connectivity index (χ4v) is 4.88. The number of fused-ring (bicyclic) bond motifs is 3. The van der Waals surface area contributed by atoms with Crippen LogP contribution < -0.4 is 5.32 Å². The molecule has 1 aliphatic carbocycles. The Morgan fingerprint density at radius 1 is 1.15 bits per heavy atom. The van der Waals surface area contributed by atoms with Crippen molar-refractivity contribution in [2.24, 2.45) is 5.92 Å². The van der Waals surface area contributed by atoms with Gasteiger partial charge >= 0.3 is 12.1 Å². The van der Waals surface area contributed by atoms with Crippen LogP contribution in [0.1, 0.15) is 36.8 Å². The van der Waals surface area contributed by atoms with E-state index >= 15 is 0 Å². The molecule has 2 N–H and O–H groups in total. The highest BCUT2D eigenvalue weighted by molar-refractivity contribution is 5.88. The number of alkyl carbamates (subject to hydrolysis) is 1. The number of ether oxygens (including phenoxy) is 2. The van der Waals surface area contributed by atoms with Crippen LogP contribution in [0, 0.1) is 5.92 Å². The summed E-state index contributed by atoms with van der Waals surface area (Å²) in [6.45, 7) is 2.32. The number of nitrogens with one attached hydrogen (secondary N) is 1. The van der Waals surface area contributed by atoms with Gasteiger partial charge in [-0.15, -0.1) is 0 Å². The number of carbonyl (C=O) groups excluding carboxylic acids is 2. The van der Waals surface area contributed by atoms with E-state index in [-0.39, 0.29) is 38.0 Å². The van der Waals surface area contributed by atoms with Gasteiger partial charge < -0.3 is 24.8 Å². The Hall–Kier alpha value is -3.39. The Morgan fingerprint density at radius 3 is 2.29 bits per heavy atom. The maximum atomic E-state index is 13.0. The van der Waals surface area contributed by atoms with E-state index in [2.05, 4.69) is 17.4 Å². The van der Waals surface area contributed by atoms with Gasteiger partial charge in [-0.05, 0) is 28.7 Å². The van der Waals surface area contributed by atoms with Crippen LogP contribution in [-0.2, 0) is 19.1 Å². The monoisotopic (exact) mass is 466 g/mol. The lowest BCUT2D eigenvalue weighted by Crippen LogP contribution is -2.58. The van der Waals surface area contributed by atoms with Gasteiger partial charge in [-0.1, -0.05) is 55.5 Å². The van der Waals surface area contributed by atoms with Crippen molar-refractivity contribution >= 4 is 18.0 Å². The normalized spacial score (nSPS) is 19.7. The van der Waals surface area contributed by atoms with Crippen LogP contribution in [0.2, 0.25) is 0 Å². The molecule has 8 heteroatoms. The lowest BCUT2D eigenvalue weighted by Gasteiger charge is -2.35. The second-order valence-electron chi connectivity index (χ2n) is 8.85. The predicted octanol–water partition coefficient (Wildman–Crippen LogP) is 3.25. The van der Waals surface area contributed by atoms with Gasteiger partial charge in [0.1, 0.15) is 6.61 Å². The number of aliphatic carboxylic acids is 1. The molecule has 34 heavy (non-hydrogen) atoms. The highest BCUT2D eigenvalue weighted by Crippen LogP contribution is 2.44. The lowest BCUT2D eigenvalue weighted by atomic mass is 9.94. The minimum Gasteiger partial charge on any atom is -0.479 e. The van der Waals surface area contributed by atoms with Crippen molar-refractivity contribution in [1.29, 1.82) is 0 Å². The van der Waals surface area contributed by atoms with Gasteiger partial charge in [0.05, 0.1) is 12.5 Å². The predicted molar refractivity (Wildman–Crippen MR) is 125 cm³/mol. The molecule has 2 aromatic rings. The van der Waals surface area contributed by atoms with E-state index in [0.717, 1.165) is 22.3 Å². The third-order valence-electron chi connectivity index (χ3n) is 7.05. The Morgan fingerprint density at radius 2 is 1.76 bits per heavy atom. The first-order valence-electron chi connectivity index (χ1n) is 11.6. The fraction of sp³-hybridized carbons (Fsp3) is 0.423. The maximum Gasteiger partial charge on any atom is 0.407 e. The molecule has 2 aromatic carbocycles. The first-order chi connectivity index (χ1) is 16.4. The molecule has 8 nitrogen and oxygen atoms in total. The Bertz CT molecular complexity index is 1030. The highest BCUT2D eigenvalue weighted by Gasteiger charge is 2.49. The molecule has 2 amide bonds. The van der Waals surface area contributed by atoms with Crippen LogP contribution in [0.4, 0.5) is 4.79 Å². The van der Waals surface area contributed by atoms with Crippen molar-refractivity contribution in [1.82, 2.24) is 10.2 Å². The van der Waals surface area contributed by atoms with Crippen LogP contribution in [0.5, 0.6) is 0 Å². The third-order valence-corrected chi connectivity index (χ3v) is 7.05. The smallest absolute Gasteiger partial charge is 0.407 e. The molecule has 2 unspecified atom stereocenters. The molecule has 0 bridgehead atoms. The Labute approximate surface area is 198 Å². The van der Waals surface area contributed by atoms with E-state index < -0.39 is 23.5 Å². The number of amides is 2. The average Bonchev–Trinajstić information content (AvgIpc) is 3.47. The summed E-state index contributed by atoms with van der Waals surface area (Å²) in [5, 5.41) is 12.4. The molecular weight excluding hydrogens is 436 g/mol. The van der Waals surface area contributed by atoms with Gasteiger partial charge in [-0.3, -0.25) is 4.79 Å². The van der Waals surface area contributed by atoms with Gasteiger partial charge in [-0.25, -0.2) is 9.59 Å². The molecule has 0 radical (unpaired) electrons. The summed E-state index contributed by atoms with van der Waals surface area (Å²) in [7, 11) is 1.49. The van der Waals surface area contributed by atoms with E-state index in [0.29, 0.717) is 13.0 Å². The van der Waals surface area contributed by atoms with E-state index in [9.17, 15) is 19.5 Å². The van der Waals surface area contributed by atoms with Crippen molar-refractivity contribution in [3.05, 3.63) is 59.7 Å². The van der Waals surface area contributed by atoms with E-state index in [1.54, 1.807) is 0 Å². The van der Waals surface area contributed by atoms with Crippen LogP contribution in [0.3, 0.4) is 0 Å². The zero-order chi connectivity index (χ0) is 24.3. The van der Waals surface area contributed by atoms with Gasteiger partial charge in [0, 0.05) is 32.5 Å². The van der Waals surface area contributed by atoms with E-state index in [4.69, 9.17) is 9.47 Å². The summed E-state index contributed by atoms with van der Waals surface area (Å²) in [4.78, 5) is 38.7.